The van der Waals surface area contributed by atoms with Gasteiger partial charge in [0.25, 0.3) is 0 Å². The van der Waals surface area contributed by atoms with E-state index in [1.54, 1.807) is 6.20 Å². The number of aryl methyl sites for hydroxylation is 1. The van der Waals surface area contributed by atoms with E-state index in [-0.39, 0.29) is 0 Å². The highest BCUT2D eigenvalue weighted by atomic mass is 79.9. The van der Waals surface area contributed by atoms with E-state index in [9.17, 15) is 5.11 Å². The summed E-state index contributed by atoms with van der Waals surface area (Å²) in [7, 11) is 0. The van der Waals surface area contributed by atoms with Gasteiger partial charge in [0.15, 0.2) is 5.65 Å². The first-order valence-corrected chi connectivity index (χ1v) is 6.28. The van der Waals surface area contributed by atoms with Crippen LogP contribution in [0.4, 0.5) is 0 Å². The molecule has 2 aromatic heterocycles. The smallest absolute Gasteiger partial charge is 0.177 e. The van der Waals surface area contributed by atoms with Gasteiger partial charge in [-0.3, -0.25) is 0 Å². The predicted octanol–water partition coefficient (Wildman–Crippen LogP) is 0.837. The van der Waals surface area contributed by atoms with E-state index in [1.165, 1.54) is 0 Å². The van der Waals surface area contributed by atoms with Crippen LogP contribution in [0.3, 0.4) is 0 Å². The molecule has 0 amide bonds. The Hall–Kier alpha value is -0.980. The molecule has 0 bridgehead atoms. The molecule has 1 aliphatic heterocycles. The third-order valence-corrected chi connectivity index (χ3v) is 3.56. The lowest BCUT2D eigenvalue weighted by Gasteiger charge is -2.38. The van der Waals surface area contributed by atoms with E-state index in [0.29, 0.717) is 19.6 Å². The van der Waals surface area contributed by atoms with E-state index in [1.807, 2.05) is 17.6 Å². The Labute approximate surface area is 107 Å². The van der Waals surface area contributed by atoms with Crippen molar-refractivity contribution in [1.29, 1.82) is 0 Å². The molecule has 0 aromatic carbocycles. The maximum absolute atomic E-state index is 10.2. The number of nitrogens with zero attached hydrogens (tertiary/aromatic N) is 3. The first kappa shape index (κ1) is 11.1. The van der Waals surface area contributed by atoms with Crippen LogP contribution in [0.1, 0.15) is 5.82 Å². The van der Waals surface area contributed by atoms with E-state index in [4.69, 9.17) is 0 Å². The number of pyridine rings is 1. The van der Waals surface area contributed by atoms with Crippen LogP contribution in [0.5, 0.6) is 0 Å². The Morgan fingerprint density at radius 3 is 3.00 bits per heavy atom. The monoisotopic (exact) mass is 296 g/mol. The van der Waals surface area contributed by atoms with Gasteiger partial charge in [-0.2, -0.15) is 0 Å². The van der Waals surface area contributed by atoms with E-state index < -0.39 is 5.60 Å². The number of rotatable bonds is 2. The van der Waals surface area contributed by atoms with Crippen molar-refractivity contribution in [3.63, 3.8) is 0 Å². The molecule has 5 nitrogen and oxygen atoms in total. The lowest BCUT2D eigenvalue weighted by molar-refractivity contribution is -0.0241. The van der Waals surface area contributed by atoms with Crippen LogP contribution in [0, 0.1) is 6.92 Å². The number of hydrogen-bond donors (Lipinski definition) is 2. The summed E-state index contributed by atoms with van der Waals surface area (Å²) in [5.74, 6) is 0.880. The summed E-state index contributed by atoms with van der Waals surface area (Å²) in [6, 6.07) is 1.98. The van der Waals surface area contributed by atoms with Crippen LogP contribution < -0.4 is 5.32 Å². The number of fused-ring (bicyclic) bond motifs is 1. The number of nitrogens with one attached hydrogen (secondary N) is 1. The van der Waals surface area contributed by atoms with Crippen LogP contribution in [0.25, 0.3) is 11.2 Å². The SMILES string of the molecule is Cc1nc2ncc(Br)cc2n1CC1(O)CNC1. The quantitative estimate of drug-likeness (QED) is 0.862. The number of aromatic nitrogens is 3. The zero-order valence-electron chi connectivity index (χ0n) is 9.44. The molecule has 1 fully saturated rings. The fourth-order valence-corrected chi connectivity index (χ4v) is 2.43. The Kier molecular flexibility index (Phi) is 2.46. The molecule has 0 spiro atoms. The Bertz CT molecular complexity index is 576. The Balaban J connectivity index is 2.07. The van der Waals surface area contributed by atoms with E-state index in [0.717, 1.165) is 21.5 Å². The second kappa shape index (κ2) is 3.76. The van der Waals surface area contributed by atoms with Gasteiger partial charge in [0, 0.05) is 23.8 Å². The highest BCUT2D eigenvalue weighted by Crippen LogP contribution is 2.22. The van der Waals surface area contributed by atoms with Crippen molar-refractivity contribution in [2.24, 2.45) is 0 Å². The minimum atomic E-state index is -0.652. The van der Waals surface area contributed by atoms with Gasteiger partial charge in [0.05, 0.1) is 12.1 Å². The summed E-state index contributed by atoms with van der Waals surface area (Å²) in [5, 5.41) is 13.3. The minimum absolute atomic E-state index is 0.556. The van der Waals surface area contributed by atoms with Crippen molar-refractivity contribution in [2.75, 3.05) is 13.1 Å². The summed E-state index contributed by atoms with van der Waals surface area (Å²) in [5.41, 5.74) is 1.03. The van der Waals surface area contributed by atoms with Gasteiger partial charge in [0.1, 0.15) is 11.4 Å². The average molecular weight is 297 g/mol. The molecule has 17 heavy (non-hydrogen) atoms. The molecule has 0 radical (unpaired) electrons. The molecule has 3 rings (SSSR count). The molecule has 0 aliphatic carbocycles. The van der Waals surface area contributed by atoms with Crippen molar-refractivity contribution >= 4 is 27.1 Å². The van der Waals surface area contributed by atoms with Crippen LogP contribution in [-0.2, 0) is 6.54 Å². The molecule has 3 heterocycles. The molecule has 0 saturated carbocycles. The molecule has 2 N–H and O–H groups in total. The molecule has 0 unspecified atom stereocenters. The third kappa shape index (κ3) is 1.86. The van der Waals surface area contributed by atoms with Crippen LogP contribution >= 0.6 is 15.9 Å². The molecule has 2 aromatic rings. The van der Waals surface area contributed by atoms with E-state index >= 15 is 0 Å². The van der Waals surface area contributed by atoms with Crippen molar-refractivity contribution < 1.29 is 5.11 Å². The lowest BCUT2D eigenvalue weighted by Crippen LogP contribution is -2.61. The van der Waals surface area contributed by atoms with Gasteiger partial charge in [-0.25, -0.2) is 9.97 Å². The average Bonchev–Trinajstić information content (AvgIpc) is 2.53. The Morgan fingerprint density at radius 1 is 1.59 bits per heavy atom. The fraction of sp³-hybridized carbons (Fsp3) is 0.455. The predicted molar refractivity (Wildman–Crippen MR) is 67.8 cm³/mol. The van der Waals surface area contributed by atoms with Gasteiger partial charge in [-0.1, -0.05) is 0 Å². The third-order valence-electron chi connectivity index (χ3n) is 3.12. The van der Waals surface area contributed by atoms with Gasteiger partial charge in [0.2, 0.25) is 0 Å². The summed E-state index contributed by atoms with van der Waals surface area (Å²) >= 11 is 3.41. The number of hydrogen-bond acceptors (Lipinski definition) is 4. The molecular weight excluding hydrogens is 284 g/mol. The maximum atomic E-state index is 10.2. The number of imidazole rings is 1. The molecule has 0 atom stereocenters. The van der Waals surface area contributed by atoms with Crippen molar-refractivity contribution in [3.05, 3.63) is 22.6 Å². The van der Waals surface area contributed by atoms with Gasteiger partial charge in [-0.15, -0.1) is 0 Å². The van der Waals surface area contributed by atoms with Gasteiger partial charge >= 0.3 is 0 Å². The summed E-state index contributed by atoms with van der Waals surface area (Å²) in [6.07, 6.45) is 1.73. The zero-order valence-corrected chi connectivity index (χ0v) is 11.0. The lowest BCUT2D eigenvalue weighted by atomic mass is 9.97. The van der Waals surface area contributed by atoms with Crippen molar-refractivity contribution in [2.45, 2.75) is 19.1 Å². The number of halogens is 1. The van der Waals surface area contributed by atoms with Crippen LogP contribution in [0.15, 0.2) is 16.7 Å². The largest absolute Gasteiger partial charge is 0.385 e. The summed E-state index contributed by atoms with van der Waals surface area (Å²) < 4.78 is 2.94. The second-order valence-electron chi connectivity index (χ2n) is 4.57. The van der Waals surface area contributed by atoms with E-state index in [2.05, 4.69) is 31.2 Å². The zero-order chi connectivity index (χ0) is 12.0. The number of aliphatic hydroxyl groups is 1. The van der Waals surface area contributed by atoms with Crippen LogP contribution in [-0.4, -0.2) is 38.3 Å². The molecule has 1 aliphatic rings. The summed E-state index contributed by atoms with van der Waals surface area (Å²) in [6.45, 7) is 3.76. The molecule has 90 valence electrons. The Morgan fingerprint density at radius 2 is 2.35 bits per heavy atom. The molecular formula is C11H13BrN4O. The molecule has 6 heteroatoms. The normalized spacial score (nSPS) is 18.3. The van der Waals surface area contributed by atoms with Gasteiger partial charge < -0.3 is 15.0 Å². The fourth-order valence-electron chi connectivity index (χ4n) is 2.11. The maximum Gasteiger partial charge on any atom is 0.177 e. The van der Waals surface area contributed by atoms with Crippen LogP contribution in [0.2, 0.25) is 0 Å². The first-order chi connectivity index (χ1) is 8.07. The topological polar surface area (TPSA) is 63.0 Å². The van der Waals surface area contributed by atoms with Crippen molar-refractivity contribution in [3.8, 4) is 0 Å². The standard InChI is InChI=1S/C11H13BrN4O/c1-7-15-10-9(2-8(12)3-14-10)16(7)6-11(17)4-13-5-11/h2-3,13,17H,4-6H2,1H3. The summed E-state index contributed by atoms with van der Waals surface area (Å²) in [4.78, 5) is 8.66. The highest BCUT2D eigenvalue weighted by molar-refractivity contribution is 9.10. The highest BCUT2D eigenvalue weighted by Gasteiger charge is 2.35. The second-order valence-corrected chi connectivity index (χ2v) is 5.49. The minimum Gasteiger partial charge on any atom is -0.385 e. The van der Waals surface area contributed by atoms with Gasteiger partial charge in [-0.05, 0) is 28.9 Å². The molecule has 1 saturated heterocycles. The number of β-amino-alcohol motifs (C(OH)–C–C–N with tert-alkyl or cyclic N) is 1. The van der Waals surface area contributed by atoms with Crippen molar-refractivity contribution in [1.82, 2.24) is 19.9 Å². The first-order valence-electron chi connectivity index (χ1n) is 5.49.